The second-order valence-corrected chi connectivity index (χ2v) is 5.88. The first-order valence-electron chi connectivity index (χ1n) is 7.57. The molecule has 24 heavy (non-hydrogen) atoms. The molecule has 0 bridgehead atoms. The third kappa shape index (κ3) is 3.71. The summed E-state index contributed by atoms with van der Waals surface area (Å²) in [7, 11) is 1.26. The smallest absolute Gasteiger partial charge is 0.186 e. The topological polar surface area (TPSA) is 181 Å². The molecule has 0 spiro atoms. The van der Waals surface area contributed by atoms with Gasteiger partial charge in [-0.2, -0.15) is 0 Å². The van der Waals surface area contributed by atoms with Gasteiger partial charge in [0.15, 0.2) is 6.29 Å². The monoisotopic (exact) mass is 355 g/mol. The van der Waals surface area contributed by atoms with Gasteiger partial charge in [-0.25, -0.2) is 0 Å². The van der Waals surface area contributed by atoms with Crippen LogP contribution in [0, 0.1) is 0 Å². The van der Waals surface area contributed by atoms with E-state index in [0.29, 0.717) is 0 Å². The van der Waals surface area contributed by atoms with Crippen molar-refractivity contribution in [2.45, 2.75) is 61.3 Å². The Hall–Kier alpha value is -0.440. The van der Waals surface area contributed by atoms with Crippen molar-refractivity contribution in [1.29, 1.82) is 0 Å². The lowest BCUT2D eigenvalue weighted by molar-refractivity contribution is -0.285. The number of ether oxygens (including phenoxy) is 3. The van der Waals surface area contributed by atoms with Gasteiger partial charge in [-0.1, -0.05) is 0 Å². The number of methoxy groups -OCH3 is 1. The van der Waals surface area contributed by atoms with Gasteiger partial charge in [0.25, 0.3) is 0 Å². The van der Waals surface area contributed by atoms with Crippen LogP contribution in [0.3, 0.4) is 0 Å². The number of aliphatic hydroxyl groups excluding tert-OH is 7. The molecular formula is C13H25NO10. The summed E-state index contributed by atoms with van der Waals surface area (Å²) in [4.78, 5) is 0. The second kappa shape index (κ2) is 8.29. The number of hydrogen-bond donors (Lipinski definition) is 8. The molecule has 2 saturated heterocycles. The highest BCUT2D eigenvalue weighted by Gasteiger charge is 2.49. The normalized spacial score (nSPS) is 50.0. The van der Waals surface area contributed by atoms with E-state index in [2.05, 4.69) is 5.32 Å². The quantitative estimate of drug-likeness (QED) is 0.236. The summed E-state index contributed by atoms with van der Waals surface area (Å²) in [6, 6.07) is -1.07. The summed E-state index contributed by atoms with van der Waals surface area (Å²) in [5.41, 5.74) is 0. The van der Waals surface area contributed by atoms with Crippen LogP contribution in [0.4, 0.5) is 0 Å². The molecule has 0 radical (unpaired) electrons. The van der Waals surface area contributed by atoms with Crippen LogP contribution in [-0.2, 0) is 14.2 Å². The van der Waals surface area contributed by atoms with E-state index in [1.165, 1.54) is 7.11 Å². The SMILES string of the molecule is CO[C@H]1O[C@H](CO)[C@@H](N[C@H]2O[C@H](CO)[C@@H](O)[C@H](O)[C@H]2O)[C@H](O)[C@H]1O. The molecule has 0 aromatic heterocycles. The summed E-state index contributed by atoms with van der Waals surface area (Å²) < 4.78 is 15.5. The molecule has 2 aliphatic heterocycles. The maximum Gasteiger partial charge on any atom is 0.186 e. The van der Waals surface area contributed by atoms with Gasteiger partial charge >= 0.3 is 0 Å². The summed E-state index contributed by atoms with van der Waals surface area (Å²) in [6.07, 6.45) is -12.1. The van der Waals surface area contributed by atoms with Crippen molar-refractivity contribution >= 4 is 0 Å². The number of nitrogens with one attached hydrogen (secondary N) is 1. The van der Waals surface area contributed by atoms with Gasteiger partial charge in [0.2, 0.25) is 0 Å². The zero-order valence-electron chi connectivity index (χ0n) is 13.0. The summed E-state index contributed by atoms with van der Waals surface area (Å²) in [5, 5.41) is 70.9. The molecule has 11 nitrogen and oxygen atoms in total. The molecule has 11 heteroatoms. The summed E-state index contributed by atoms with van der Waals surface area (Å²) >= 11 is 0. The lowest BCUT2D eigenvalue weighted by Crippen LogP contribution is -2.70. The number of rotatable bonds is 5. The first-order valence-corrected chi connectivity index (χ1v) is 7.57. The van der Waals surface area contributed by atoms with Crippen LogP contribution in [0.15, 0.2) is 0 Å². The molecule has 10 atom stereocenters. The molecular weight excluding hydrogens is 330 g/mol. The average Bonchev–Trinajstić information content (AvgIpc) is 2.59. The van der Waals surface area contributed by atoms with Crippen LogP contribution in [-0.4, -0.2) is 117 Å². The first kappa shape index (κ1) is 19.9. The molecule has 0 aromatic carbocycles. The largest absolute Gasteiger partial charge is 0.394 e. The van der Waals surface area contributed by atoms with Crippen LogP contribution in [0.5, 0.6) is 0 Å². The highest BCUT2D eigenvalue weighted by Crippen LogP contribution is 2.25. The molecule has 2 rings (SSSR count). The van der Waals surface area contributed by atoms with E-state index in [1.807, 2.05) is 0 Å². The molecule has 0 aromatic rings. The molecule has 8 N–H and O–H groups in total. The van der Waals surface area contributed by atoms with Crippen molar-refractivity contribution in [3.63, 3.8) is 0 Å². The average molecular weight is 355 g/mol. The highest BCUT2D eigenvalue weighted by atomic mass is 16.7. The minimum Gasteiger partial charge on any atom is -0.394 e. The molecule has 0 amide bonds. The Balaban J connectivity index is 2.12. The van der Waals surface area contributed by atoms with Crippen molar-refractivity contribution in [2.24, 2.45) is 0 Å². The van der Waals surface area contributed by atoms with Crippen molar-refractivity contribution in [3.05, 3.63) is 0 Å². The van der Waals surface area contributed by atoms with Crippen molar-refractivity contribution in [1.82, 2.24) is 5.32 Å². The van der Waals surface area contributed by atoms with Crippen molar-refractivity contribution in [3.8, 4) is 0 Å². The van der Waals surface area contributed by atoms with Crippen LogP contribution in [0.25, 0.3) is 0 Å². The highest BCUT2D eigenvalue weighted by molar-refractivity contribution is 4.98. The van der Waals surface area contributed by atoms with Gasteiger partial charge in [0, 0.05) is 7.11 Å². The number of aliphatic hydroxyl groups is 7. The van der Waals surface area contributed by atoms with E-state index in [1.54, 1.807) is 0 Å². The minimum atomic E-state index is -1.60. The zero-order chi connectivity index (χ0) is 18.0. The van der Waals surface area contributed by atoms with E-state index < -0.39 is 74.5 Å². The number of hydrogen-bond acceptors (Lipinski definition) is 11. The third-order valence-corrected chi connectivity index (χ3v) is 4.37. The van der Waals surface area contributed by atoms with Gasteiger partial charge in [-0.3, -0.25) is 5.32 Å². The van der Waals surface area contributed by atoms with Gasteiger partial charge in [-0.15, -0.1) is 0 Å². The minimum absolute atomic E-state index is 0.529. The molecule has 142 valence electrons. The fraction of sp³-hybridized carbons (Fsp3) is 1.00. The second-order valence-electron chi connectivity index (χ2n) is 5.88. The summed E-state index contributed by atoms with van der Waals surface area (Å²) in [5.74, 6) is 0. The standard InChI is InChI=1S/C13H25NO10/c1-22-13-11(21)8(18)6(4(2-15)24-13)14-12-10(20)9(19)7(17)5(3-16)23-12/h4-21H,2-3H2,1H3/t4-,5-,6-,7-,8+,9+,10-,11-,12+,13+/m1/s1. The Morgan fingerprint density at radius 2 is 1.42 bits per heavy atom. The van der Waals surface area contributed by atoms with Crippen LogP contribution in [0.1, 0.15) is 0 Å². The van der Waals surface area contributed by atoms with Gasteiger partial charge in [0.1, 0.15) is 49.0 Å². The van der Waals surface area contributed by atoms with Crippen molar-refractivity contribution < 1.29 is 50.0 Å². The molecule has 0 unspecified atom stereocenters. The van der Waals surface area contributed by atoms with E-state index in [4.69, 9.17) is 14.2 Å². The third-order valence-electron chi connectivity index (χ3n) is 4.37. The van der Waals surface area contributed by atoms with Gasteiger partial charge in [-0.05, 0) is 0 Å². The molecule has 2 aliphatic rings. The maximum atomic E-state index is 10.2. The Kier molecular flexibility index (Phi) is 6.87. The Morgan fingerprint density at radius 3 is 1.96 bits per heavy atom. The molecule has 0 aliphatic carbocycles. The van der Waals surface area contributed by atoms with E-state index in [0.717, 1.165) is 0 Å². The van der Waals surface area contributed by atoms with Gasteiger partial charge in [0.05, 0.1) is 19.3 Å². The fourth-order valence-corrected chi connectivity index (χ4v) is 2.92. The van der Waals surface area contributed by atoms with Crippen LogP contribution in [0.2, 0.25) is 0 Å². The molecule has 2 fully saturated rings. The Morgan fingerprint density at radius 1 is 0.792 bits per heavy atom. The fourth-order valence-electron chi connectivity index (χ4n) is 2.92. The maximum absolute atomic E-state index is 10.2. The first-order chi connectivity index (χ1) is 11.3. The Bertz CT molecular complexity index is 397. The van der Waals surface area contributed by atoms with E-state index in [-0.39, 0.29) is 0 Å². The van der Waals surface area contributed by atoms with Crippen LogP contribution >= 0.6 is 0 Å². The zero-order valence-corrected chi connectivity index (χ0v) is 13.0. The van der Waals surface area contributed by atoms with E-state index >= 15 is 0 Å². The predicted molar refractivity (Wildman–Crippen MR) is 75.5 cm³/mol. The van der Waals surface area contributed by atoms with Crippen LogP contribution < -0.4 is 5.32 Å². The predicted octanol–water partition coefficient (Wildman–Crippen LogP) is -5.17. The molecule has 0 saturated carbocycles. The Labute approximate surface area is 138 Å². The lowest BCUT2D eigenvalue weighted by atomic mass is 9.93. The summed E-state index contributed by atoms with van der Waals surface area (Å²) in [6.45, 7) is -1.14. The molecule has 2 heterocycles. The van der Waals surface area contributed by atoms with E-state index in [9.17, 15) is 35.7 Å². The lowest BCUT2D eigenvalue weighted by Gasteiger charge is -2.46. The van der Waals surface area contributed by atoms with Gasteiger partial charge < -0.3 is 50.0 Å². The van der Waals surface area contributed by atoms with Crippen molar-refractivity contribution in [2.75, 3.05) is 20.3 Å².